The van der Waals surface area contributed by atoms with E-state index in [9.17, 15) is 0 Å². The molecule has 0 aromatic heterocycles. The average Bonchev–Trinajstić information content (AvgIpc) is 3.67. The minimum Gasteiger partial charge on any atom is -0.380 e. The fourth-order valence-electron chi connectivity index (χ4n) is 3.71. The molecule has 2 heteroatoms. The van der Waals surface area contributed by atoms with Gasteiger partial charge in [0.15, 0.2) is 0 Å². The van der Waals surface area contributed by atoms with Gasteiger partial charge in [0, 0.05) is 50.6 Å². The van der Waals surface area contributed by atoms with Crippen molar-refractivity contribution < 1.29 is 4.74 Å². The lowest BCUT2D eigenvalue weighted by molar-refractivity contribution is 0.145. The van der Waals surface area contributed by atoms with Crippen molar-refractivity contribution >= 4 is 0 Å². The summed E-state index contributed by atoms with van der Waals surface area (Å²) in [6, 6.07) is 0. The van der Waals surface area contributed by atoms with Crippen LogP contribution >= 0.6 is 0 Å². The van der Waals surface area contributed by atoms with Gasteiger partial charge in [0.2, 0.25) is 0 Å². The van der Waals surface area contributed by atoms with Crippen LogP contribution < -0.4 is 0 Å². The maximum atomic E-state index is 5.69. The van der Waals surface area contributed by atoms with Crippen molar-refractivity contribution in [1.82, 2.24) is 4.90 Å². The van der Waals surface area contributed by atoms with Crippen molar-refractivity contribution in [2.75, 3.05) is 26.3 Å². The van der Waals surface area contributed by atoms with Crippen LogP contribution in [0.25, 0.3) is 0 Å². The highest BCUT2D eigenvalue weighted by Crippen LogP contribution is 2.34. The maximum Gasteiger partial charge on any atom is 0.0641 e. The predicted octanol–water partition coefficient (Wildman–Crippen LogP) is 8.41. The lowest BCUT2D eigenvalue weighted by Crippen LogP contribution is -2.27. The largest absolute Gasteiger partial charge is 0.380 e. The number of hydrogen-bond acceptors (Lipinski definition) is 2. The molecule has 1 fully saturated rings. The summed E-state index contributed by atoms with van der Waals surface area (Å²) in [5, 5.41) is 0. The van der Waals surface area contributed by atoms with Crippen LogP contribution in [0.15, 0.2) is 65.1 Å². The monoisotopic (exact) mass is 463 g/mol. The molecule has 0 N–H and O–H groups in total. The van der Waals surface area contributed by atoms with Crippen LogP contribution in [0.2, 0.25) is 0 Å². The van der Waals surface area contributed by atoms with Gasteiger partial charge < -0.3 is 9.64 Å². The average molecular weight is 464 g/mol. The maximum absolute atomic E-state index is 5.69. The lowest BCUT2D eigenvalue weighted by Gasteiger charge is -2.29. The molecule has 1 heterocycles. The van der Waals surface area contributed by atoms with Gasteiger partial charge in [0.1, 0.15) is 0 Å². The molecule has 0 saturated carbocycles. The van der Waals surface area contributed by atoms with Gasteiger partial charge in [-0.3, -0.25) is 0 Å². The number of hydrogen-bond donors (Lipinski definition) is 0. The molecule has 188 valence electrons. The van der Waals surface area contributed by atoms with Gasteiger partial charge in [-0.05, 0) is 47.5 Å². The molecule has 0 unspecified atom stereocenters. The van der Waals surface area contributed by atoms with Crippen molar-refractivity contribution in [3.05, 3.63) is 65.1 Å². The third-order valence-electron chi connectivity index (χ3n) is 5.68. The van der Waals surface area contributed by atoms with E-state index in [1.54, 1.807) is 0 Å². The second-order valence-corrected chi connectivity index (χ2v) is 9.45. The quantitative estimate of drug-likeness (QED) is 0.231. The normalized spacial score (nSPS) is 20.6. The third-order valence-corrected chi connectivity index (χ3v) is 5.68. The Morgan fingerprint density at radius 1 is 1.00 bits per heavy atom. The summed E-state index contributed by atoms with van der Waals surface area (Å²) in [6.07, 6.45) is 17.2. The Kier molecular flexibility index (Phi) is 14.4. The Balaban J connectivity index is 0.000000500. The van der Waals surface area contributed by atoms with Crippen molar-refractivity contribution in [2.45, 2.75) is 87.0 Å². The topological polar surface area (TPSA) is 12.5 Å². The van der Waals surface area contributed by atoms with Gasteiger partial charge in [-0.2, -0.15) is 0 Å². The fourth-order valence-corrected chi connectivity index (χ4v) is 3.71. The summed E-state index contributed by atoms with van der Waals surface area (Å²) >= 11 is 0. The van der Waals surface area contributed by atoms with E-state index >= 15 is 0 Å². The summed E-state index contributed by atoms with van der Waals surface area (Å²) in [6.45, 7) is 21.8. The van der Waals surface area contributed by atoms with Crippen LogP contribution in [-0.4, -0.2) is 31.2 Å². The van der Waals surface area contributed by atoms with E-state index in [1.807, 2.05) is 33.8 Å². The Labute approximate surface area is 211 Å². The van der Waals surface area contributed by atoms with E-state index in [1.165, 1.54) is 22.4 Å². The molecule has 0 bridgehead atoms. The zero-order valence-electron chi connectivity index (χ0n) is 23.1. The number of allylic oxidation sites excluding steroid dienone is 7. The van der Waals surface area contributed by atoms with E-state index in [2.05, 4.69) is 74.1 Å². The van der Waals surface area contributed by atoms with E-state index in [0.29, 0.717) is 11.3 Å². The molecule has 1 saturated heterocycles. The molecular formula is C32H49NO. The number of fused-ring (bicyclic) bond motifs is 1. The molecule has 0 amide bonds. The first-order chi connectivity index (χ1) is 16.5. The standard InChI is InChI=1S/C22H25NO.C6H12.2C2H6/c1-2-4-7-21-20(6-3-1)11-10-19(16-18-8-9-18)17-22(21)23-12-5-14-24-15-13-23;1-5-6(2,3)4;2*1-2/h8-10,16,18H,3-7,12-15,17H2;5H,1H2,2-4H3;2*1-2H3/b19-16-;;;. The Morgan fingerprint density at radius 3 is 2.26 bits per heavy atom. The minimum absolute atomic E-state index is 0.306. The zero-order chi connectivity index (χ0) is 25.4. The Morgan fingerprint density at radius 2 is 1.65 bits per heavy atom. The zero-order valence-corrected chi connectivity index (χ0v) is 23.1. The van der Waals surface area contributed by atoms with E-state index < -0.39 is 0 Å². The van der Waals surface area contributed by atoms with Crippen molar-refractivity contribution in [3.63, 3.8) is 0 Å². The second-order valence-electron chi connectivity index (χ2n) is 9.45. The first-order valence-electron chi connectivity index (χ1n) is 13.5. The summed E-state index contributed by atoms with van der Waals surface area (Å²) < 4.78 is 5.69. The Hall–Kier alpha value is -2.20. The molecule has 34 heavy (non-hydrogen) atoms. The molecule has 4 rings (SSSR count). The third kappa shape index (κ3) is 11.3. The molecule has 0 atom stereocenters. The van der Waals surface area contributed by atoms with Crippen LogP contribution in [-0.2, 0) is 4.74 Å². The molecular weight excluding hydrogens is 414 g/mol. The molecule has 4 aliphatic rings. The van der Waals surface area contributed by atoms with Gasteiger partial charge in [-0.1, -0.05) is 72.8 Å². The van der Waals surface area contributed by atoms with Gasteiger partial charge in [-0.25, -0.2) is 0 Å². The lowest BCUT2D eigenvalue weighted by atomic mass is 9.93. The van der Waals surface area contributed by atoms with Gasteiger partial charge in [0.05, 0.1) is 6.61 Å². The van der Waals surface area contributed by atoms with Gasteiger partial charge in [0.25, 0.3) is 0 Å². The molecule has 3 aliphatic carbocycles. The highest BCUT2D eigenvalue weighted by atomic mass is 16.5. The summed E-state index contributed by atoms with van der Waals surface area (Å²) in [7, 11) is 0. The first kappa shape index (κ1) is 29.8. The molecule has 0 radical (unpaired) electrons. The van der Waals surface area contributed by atoms with Crippen molar-refractivity contribution in [1.29, 1.82) is 0 Å². The highest BCUT2D eigenvalue weighted by molar-refractivity contribution is 5.44. The van der Waals surface area contributed by atoms with E-state index in [-0.39, 0.29) is 0 Å². The van der Waals surface area contributed by atoms with E-state index in [4.69, 9.17) is 4.74 Å². The van der Waals surface area contributed by atoms with E-state index in [0.717, 1.165) is 64.8 Å². The van der Waals surface area contributed by atoms with Crippen LogP contribution in [0, 0.1) is 23.2 Å². The van der Waals surface area contributed by atoms with Crippen LogP contribution in [0.4, 0.5) is 0 Å². The van der Waals surface area contributed by atoms with Crippen molar-refractivity contribution in [2.24, 2.45) is 11.3 Å². The van der Waals surface area contributed by atoms with Crippen LogP contribution in [0.3, 0.4) is 0 Å². The van der Waals surface area contributed by atoms with Crippen LogP contribution in [0.1, 0.15) is 87.0 Å². The second kappa shape index (κ2) is 16.4. The fraction of sp³-hybridized carbons (Fsp3) is 0.594. The number of rotatable bonds is 2. The Bertz CT molecular complexity index is 830. The smallest absolute Gasteiger partial charge is 0.0641 e. The van der Waals surface area contributed by atoms with Gasteiger partial charge in [-0.15, -0.1) is 24.2 Å². The molecule has 1 aliphatic heterocycles. The molecule has 0 aromatic carbocycles. The molecule has 0 spiro atoms. The highest BCUT2D eigenvalue weighted by Gasteiger charge is 2.22. The summed E-state index contributed by atoms with van der Waals surface area (Å²) in [5.41, 5.74) is 9.74. The molecule has 0 aromatic rings. The summed E-state index contributed by atoms with van der Waals surface area (Å²) in [5.74, 6) is 7.19. The van der Waals surface area contributed by atoms with Gasteiger partial charge >= 0.3 is 0 Å². The number of ether oxygens (including phenoxy) is 1. The minimum atomic E-state index is 0.306. The SMILES string of the molecule is C1=C/C(=C/C2C=C2)CC(N2CCCOCC2)=C2CCC#CCCC=12.C=CC(C)(C)C.CC.CC. The summed E-state index contributed by atoms with van der Waals surface area (Å²) in [4.78, 5) is 2.58. The van der Waals surface area contributed by atoms with Crippen molar-refractivity contribution in [3.8, 4) is 11.8 Å². The predicted molar refractivity (Wildman–Crippen MR) is 150 cm³/mol. The number of nitrogens with zero attached hydrogens (tertiary/aromatic N) is 1. The van der Waals surface area contributed by atoms with Crippen LogP contribution in [0.5, 0.6) is 0 Å². The molecule has 2 nitrogen and oxygen atoms in total. The first-order valence-corrected chi connectivity index (χ1v) is 13.5.